The summed E-state index contributed by atoms with van der Waals surface area (Å²) in [6.45, 7) is 5.65. The predicted molar refractivity (Wildman–Crippen MR) is 86.6 cm³/mol. The largest absolute Gasteiger partial charge is 0.444 e. The molecule has 2 fully saturated rings. The van der Waals surface area contributed by atoms with Gasteiger partial charge < -0.3 is 15.4 Å². The Morgan fingerprint density at radius 2 is 1.86 bits per heavy atom. The zero-order valence-electron chi connectivity index (χ0n) is 13.6. The summed E-state index contributed by atoms with van der Waals surface area (Å²) in [5.41, 5.74) is 0.913. The van der Waals surface area contributed by atoms with E-state index < -0.39 is 5.60 Å². The minimum Gasteiger partial charge on any atom is -0.444 e. The molecule has 1 aromatic rings. The molecule has 0 bridgehead atoms. The Hall–Kier alpha value is -1.55. The first kappa shape index (κ1) is 15.3. The number of carbonyl (C=O) groups is 1. The summed E-state index contributed by atoms with van der Waals surface area (Å²) in [4.78, 5) is 11.8. The van der Waals surface area contributed by atoms with Crippen LogP contribution in [0.3, 0.4) is 0 Å². The maximum Gasteiger partial charge on any atom is 0.407 e. The minimum absolute atomic E-state index is 0.194. The summed E-state index contributed by atoms with van der Waals surface area (Å²) in [6.07, 6.45) is 3.26. The molecule has 0 heterocycles. The molecule has 4 nitrogen and oxygen atoms in total. The van der Waals surface area contributed by atoms with Crippen molar-refractivity contribution in [2.45, 2.75) is 63.8 Å². The predicted octanol–water partition coefficient (Wildman–Crippen LogP) is 3.39. The van der Waals surface area contributed by atoms with E-state index in [9.17, 15) is 4.79 Å². The van der Waals surface area contributed by atoms with Gasteiger partial charge in [-0.05, 0) is 51.5 Å². The number of benzene rings is 1. The van der Waals surface area contributed by atoms with E-state index >= 15 is 0 Å². The molecule has 0 spiro atoms. The number of ether oxygens (including phenoxy) is 1. The molecule has 0 radical (unpaired) electrons. The van der Waals surface area contributed by atoms with Gasteiger partial charge in [0.15, 0.2) is 0 Å². The minimum atomic E-state index is -0.442. The Kier molecular flexibility index (Phi) is 4.13. The van der Waals surface area contributed by atoms with E-state index in [1.54, 1.807) is 0 Å². The van der Waals surface area contributed by atoms with Gasteiger partial charge in [-0.1, -0.05) is 30.3 Å². The lowest BCUT2D eigenvalue weighted by Crippen LogP contribution is -2.37. The van der Waals surface area contributed by atoms with Crippen LogP contribution in [0, 0.1) is 5.92 Å². The maximum atomic E-state index is 11.8. The smallest absolute Gasteiger partial charge is 0.407 e. The number of hydrogen-bond donors (Lipinski definition) is 2. The number of nitrogens with one attached hydrogen (secondary N) is 2. The Labute approximate surface area is 132 Å². The number of alkyl carbamates (subject to hydrolysis) is 1. The lowest BCUT2D eigenvalue weighted by molar-refractivity contribution is 0.0521. The second kappa shape index (κ2) is 5.92. The standard InChI is InChI=1S/C18H26N2O2/c1-18(2,3)22-17(21)20-15-11-14(15)19-16(13-9-10-13)12-7-5-4-6-8-12/h4-8,13-16,19H,9-11H2,1-3H3,(H,20,21). The average Bonchev–Trinajstić information content (AvgIpc) is 3.31. The van der Waals surface area contributed by atoms with Gasteiger partial charge in [0.2, 0.25) is 0 Å². The van der Waals surface area contributed by atoms with E-state index in [0.717, 1.165) is 12.3 Å². The van der Waals surface area contributed by atoms with E-state index in [4.69, 9.17) is 4.74 Å². The number of amides is 1. The van der Waals surface area contributed by atoms with Crippen molar-refractivity contribution in [3.63, 3.8) is 0 Å². The molecule has 1 aromatic carbocycles. The molecule has 2 aliphatic rings. The lowest BCUT2D eigenvalue weighted by atomic mass is 10.0. The topological polar surface area (TPSA) is 50.4 Å². The fraction of sp³-hybridized carbons (Fsp3) is 0.611. The van der Waals surface area contributed by atoms with Gasteiger partial charge in [0.25, 0.3) is 0 Å². The van der Waals surface area contributed by atoms with Crippen LogP contribution in [-0.2, 0) is 4.74 Å². The monoisotopic (exact) mass is 302 g/mol. The molecule has 3 atom stereocenters. The molecule has 2 N–H and O–H groups in total. The zero-order chi connectivity index (χ0) is 15.7. The van der Waals surface area contributed by atoms with Crippen molar-refractivity contribution in [2.75, 3.05) is 0 Å². The van der Waals surface area contributed by atoms with Crippen LogP contribution in [0.15, 0.2) is 30.3 Å². The van der Waals surface area contributed by atoms with Gasteiger partial charge >= 0.3 is 6.09 Å². The number of hydrogen-bond acceptors (Lipinski definition) is 3. The quantitative estimate of drug-likeness (QED) is 0.876. The molecule has 4 heteroatoms. The normalized spacial score (nSPS) is 25.4. The van der Waals surface area contributed by atoms with Gasteiger partial charge in [-0.3, -0.25) is 0 Å². The van der Waals surface area contributed by atoms with Crippen LogP contribution in [0.2, 0.25) is 0 Å². The van der Waals surface area contributed by atoms with Crippen LogP contribution in [-0.4, -0.2) is 23.8 Å². The molecule has 3 rings (SSSR count). The number of rotatable bonds is 5. The Morgan fingerprint density at radius 1 is 1.18 bits per heavy atom. The van der Waals surface area contributed by atoms with Gasteiger partial charge in [-0.25, -0.2) is 4.79 Å². The van der Waals surface area contributed by atoms with Crippen LogP contribution in [0.5, 0.6) is 0 Å². The molecule has 2 saturated carbocycles. The van der Waals surface area contributed by atoms with Crippen LogP contribution >= 0.6 is 0 Å². The third-order valence-electron chi connectivity index (χ3n) is 4.14. The van der Waals surface area contributed by atoms with Crippen molar-refractivity contribution in [3.05, 3.63) is 35.9 Å². The summed E-state index contributed by atoms with van der Waals surface area (Å²) in [5.74, 6) is 0.741. The first-order valence-electron chi connectivity index (χ1n) is 8.23. The van der Waals surface area contributed by atoms with Gasteiger partial charge in [0.1, 0.15) is 5.60 Å². The fourth-order valence-corrected chi connectivity index (χ4v) is 2.82. The molecule has 1 amide bonds. The summed E-state index contributed by atoms with van der Waals surface area (Å²) in [6, 6.07) is 11.6. The van der Waals surface area contributed by atoms with Crippen molar-refractivity contribution in [1.29, 1.82) is 0 Å². The van der Waals surface area contributed by atoms with Crippen molar-refractivity contribution in [3.8, 4) is 0 Å². The molecule has 2 aliphatic carbocycles. The Balaban J connectivity index is 1.51. The first-order chi connectivity index (χ1) is 10.4. The third kappa shape index (κ3) is 4.23. The van der Waals surface area contributed by atoms with Crippen molar-refractivity contribution in [1.82, 2.24) is 10.6 Å². The fourth-order valence-electron chi connectivity index (χ4n) is 2.82. The van der Waals surface area contributed by atoms with Crippen LogP contribution in [0.4, 0.5) is 4.79 Å². The summed E-state index contributed by atoms with van der Waals surface area (Å²) in [5, 5.41) is 6.67. The lowest BCUT2D eigenvalue weighted by Gasteiger charge is -2.21. The van der Waals surface area contributed by atoms with Gasteiger partial charge in [-0.15, -0.1) is 0 Å². The third-order valence-corrected chi connectivity index (χ3v) is 4.14. The maximum absolute atomic E-state index is 11.8. The SMILES string of the molecule is CC(C)(C)OC(=O)NC1CC1NC(c1ccccc1)C1CC1. The van der Waals surface area contributed by atoms with Crippen molar-refractivity contribution < 1.29 is 9.53 Å². The van der Waals surface area contributed by atoms with Crippen LogP contribution in [0.25, 0.3) is 0 Å². The van der Waals surface area contributed by atoms with Crippen molar-refractivity contribution >= 4 is 6.09 Å². The second-order valence-electron chi connectivity index (χ2n) is 7.49. The molecule has 3 unspecified atom stereocenters. The highest BCUT2D eigenvalue weighted by Gasteiger charge is 2.43. The van der Waals surface area contributed by atoms with E-state index in [1.165, 1.54) is 18.4 Å². The highest BCUT2D eigenvalue weighted by molar-refractivity contribution is 5.68. The summed E-state index contributed by atoms with van der Waals surface area (Å²) < 4.78 is 5.31. The van der Waals surface area contributed by atoms with E-state index in [1.807, 2.05) is 20.8 Å². The number of carbonyl (C=O) groups excluding carboxylic acids is 1. The summed E-state index contributed by atoms with van der Waals surface area (Å²) in [7, 11) is 0. The Morgan fingerprint density at radius 3 is 2.45 bits per heavy atom. The van der Waals surface area contributed by atoms with Crippen LogP contribution in [0.1, 0.15) is 51.6 Å². The molecule has 22 heavy (non-hydrogen) atoms. The summed E-state index contributed by atoms with van der Waals surface area (Å²) >= 11 is 0. The van der Waals surface area contributed by atoms with Gasteiger partial charge in [0.05, 0.1) is 0 Å². The molecule has 0 saturated heterocycles. The first-order valence-corrected chi connectivity index (χ1v) is 8.23. The highest BCUT2D eigenvalue weighted by atomic mass is 16.6. The second-order valence-corrected chi connectivity index (χ2v) is 7.49. The zero-order valence-corrected chi connectivity index (χ0v) is 13.6. The molecule has 0 aromatic heterocycles. The molecular weight excluding hydrogens is 276 g/mol. The van der Waals surface area contributed by atoms with E-state index in [-0.39, 0.29) is 12.1 Å². The Bertz CT molecular complexity index is 520. The molecule has 0 aliphatic heterocycles. The van der Waals surface area contributed by atoms with E-state index in [2.05, 4.69) is 41.0 Å². The average molecular weight is 302 g/mol. The van der Waals surface area contributed by atoms with Gasteiger partial charge in [0, 0.05) is 18.1 Å². The van der Waals surface area contributed by atoms with E-state index in [0.29, 0.717) is 12.1 Å². The van der Waals surface area contributed by atoms with Gasteiger partial charge in [-0.2, -0.15) is 0 Å². The van der Waals surface area contributed by atoms with Crippen LogP contribution < -0.4 is 10.6 Å². The van der Waals surface area contributed by atoms with Crippen molar-refractivity contribution in [2.24, 2.45) is 5.92 Å². The molecule has 120 valence electrons. The highest BCUT2D eigenvalue weighted by Crippen LogP contribution is 2.42. The molecular formula is C18H26N2O2.